The zero-order chi connectivity index (χ0) is 11.0. The van der Waals surface area contributed by atoms with E-state index < -0.39 is 5.97 Å². The molecule has 0 atom stereocenters. The second-order valence-electron chi connectivity index (χ2n) is 2.88. The molecule has 2 heterocycles. The van der Waals surface area contributed by atoms with Crippen molar-refractivity contribution in [2.45, 2.75) is 0 Å². The fraction of sp³-hybridized carbons (Fsp3) is 0.111. The first kappa shape index (κ1) is 9.58. The Bertz CT molecular complexity index is 534. The molecule has 0 amide bonds. The molecule has 0 bridgehead atoms. The molecule has 5 nitrogen and oxygen atoms in total. The molecule has 0 aliphatic heterocycles. The number of aromatic nitrogens is 1. The number of rotatable bonds is 1. The molecule has 0 aromatic carbocycles. The number of hydrogen-bond acceptors (Lipinski definition) is 5. The van der Waals surface area contributed by atoms with Crippen molar-refractivity contribution in [1.29, 1.82) is 0 Å². The zero-order valence-corrected chi connectivity index (χ0v) is 7.85. The molecule has 0 fully saturated rings. The van der Waals surface area contributed by atoms with Gasteiger partial charge in [0.2, 0.25) is 0 Å². The van der Waals surface area contributed by atoms with Gasteiger partial charge in [0.25, 0.3) is 5.76 Å². The minimum Gasteiger partial charge on any atom is -0.504 e. The highest BCUT2D eigenvalue weighted by atomic mass is 16.5. The molecule has 1 N–H and O–H groups in total. The van der Waals surface area contributed by atoms with Gasteiger partial charge in [-0.3, -0.25) is 4.98 Å². The van der Waals surface area contributed by atoms with E-state index in [9.17, 15) is 9.90 Å². The number of aromatic hydroxyl groups is 1. The quantitative estimate of drug-likeness (QED) is 0.526. The Morgan fingerprint density at radius 2 is 2.40 bits per heavy atom. The number of furan rings is 1. The summed E-state index contributed by atoms with van der Waals surface area (Å²) in [6, 6.07) is 1.42. The first-order chi connectivity index (χ1) is 7.13. The van der Waals surface area contributed by atoms with Crippen LogP contribution in [0, 0.1) is 0 Å². The molecule has 2 aromatic heterocycles. The predicted molar refractivity (Wildman–Crippen MR) is 52.4 cm³/mol. The lowest BCUT2D eigenvalue weighted by molar-refractivity contribution is 0.0563. The fourth-order valence-corrected chi connectivity index (χ4v) is 1.24. The number of carbonyl (C=O) groups excluding carboxylic acids is 1. The van der Waals surface area contributed by atoms with Crippen molar-refractivity contribution in [2.75, 3.05) is 7.11 Å². The van der Waals surface area contributed by atoms with E-state index in [-0.39, 0.29) is 22.7 Å². The summed E-state index contributed by atoms with van der Waals surface area (Å²) in [5.41, 5.74) is 0.511. The highest BCUT2D eigenvalue weighted by Gasteiger charge is 2.20. The number of fused-ring (bicyclic) bond motifs is 1. The summed E-state index contributed by atoms with van der Waals surface area (Å²) >= 11 is 0. The van der Waals surface area contributed by atoms with Gasteiger partial charge >= 0.3 is 5.97 Å². The largest absolute Gasteiger partial charge is 0.504 e. The number of hydrogen-bond donors (Lipinski definition) is 1. The normalized spacial score (nSPS) is 10.5. The van der Waals surface area contributed by atoms with Gasteiger partial charge in [0.15, 0.2) is 11.3 Å². The first-order valence-corrected chi connectivity index (χ1v) is 4.08. The standard InChI is InChI=1S/C9H6BNO4/c1-14-9(13)8-7(12)4-2-6(10)11-3-5(4)15-8/h2-3,12H,1H3. The van der Waals surface area contributed by atoms with Crippen LogP contribution in [0.2, 0.25) is 0 Å². The molecule has 6 heteroatoms. The first-order valence-electron chi connectivity index (χ1n) is 4.08. The fourth-order valence-electron chi connectivity index (χ4n) is 1.24. The lowest BCUT2D eigenvalue weighted by Crippen LogP contribution is -2.05. The SMILES string of the molecule is [B]c1cc2c(O)c(C(=O)OC)oc2cn1. The van der Waals surface area contributed by atoms with Crippen LogP contribution in [0.4, 0.5) is 0 Å². The maximum atomic E-state index is 11.2. The van der Waals surface area contributed by atoms with E-state index in [4.69, 9.17) is 12.3 Å². The number of ether oxygens (including phenoxy) is 1. The van der Waals surface area contributed by atoms with Gasteiger partial charge in [0, 0.05) is 0 Å². The molecule has 0 unspecified atom stereocenters. The van der Waals surface area contributed by atoms with E-state index in [1.54, 1.807) is 0 Å². The zero-order valence-electron chi connectivity index (χ0n) is 7.85. The predicted octanol–water partition coefficient (Wildman–Crippen LogP) is 0.114. The Morgan fingerprint density at radius 3 is 3.07 bits per heavy atom. The van der Waals surface area contributed by atoms with Gasteiger partial charge < -0.3 is 14.3 Å². The Kier molecular flexibility index (Phi) is 2.11. The minimum atomic E-state index is -0.748. The van der Waals surface area contributed by atoms with E-state index in [0.717, 1.165) is 0 Å². The van der Waals surface area contributed by atoms with Crippen molar-refractivity contribution in [3.63, 3.8) is 0 Å². The Labute approximate surface area is 86.1 Å². The smallest absolute Gasteiger partial charge is 0.377 e. The van der Waals surface area contributed by atoms with Crippen LogP contribution in [-0.2, 0) is 4.74 Å². The van der Waals surface area contributed by atoms with Crippen molar-refractivity contribution in [3.05, 3.63) is 18.0 Å². The van der Waals surface area contributed by atoms with E-state index in [0.29, 0.717) is 5.39 Å². The van der Waals surface area contributed by atoms with Crippen LogP contribution in [0.5, 0.6) is 5.75 Å². The molecular formula is C9H6BNO4. The van der Waals surface area contributed by atoms with Gasteiger partial charge in [-0.2, -0.15) is 0 Å². The van der Waals surface area contributed by atoms with Crippen LogP contribution in [0.3, 0.4) is 0 Å². The molecule has 0 aliphatic rings. The number of methoxy groups -OCH3 is 1. The van der Waals surface area contributed by atoms with Gasteiger partial charge in [0.05, 0.1) is 18.7 Å². The third kappa shape index (κ3) is 1.43. The van der Waals surface area contributed by atoms with E-state index >= 15 is 0 Å². The Balaban J connectivity index is 2.69. The Morgan fingerprint density at radius 1 is 1.67 bits per heavy atom. The lowest BCUT2D eigenvalue weighted by Gasteiger charge is -1.93. The molecule has 0 spiro atoms. The molecule has 2 radical (unpaired) electrons. The molecule has 2 rings (SSSR count). The molecule has 0 saturated heterocycles. The second kappa shape index (κ2) is 3.31. The number of esters is 1. The van der Waals surface area contributed by atoms with E-state index in [2.05, 4.69) is 9.72 Å². The van der Waals surface area contributed by atoms with Crippen molar-refractivity contribution >= 4 is 30.4 Å². The van der Waals surface area contributed by atoms with Crippen LogP contribution < -0.4 is 5.59 Å². The summed E-state index contributed by atoms with van der Waals surface area (Å²) in [6.45, 7) is 0. The average molecular weight is 203 g/mol. The summed E-state index contributed by atoms with van der Waals surface area (Å²) in [4.78, 5) is 14.9. The molecule has 74 valence electrons. The van der Waals surface area contributed by atoms with Crippen molar-refractivity contribution in [3.8, 4) is 5.75 Å². The van der Waals surface area contributed by atoms with E-state index in [1.165, 1.54) is 19.4 Å². The summed E-state index contributed by atoms with van der Waals surface area (Å²) in [6.07, 6.45) is 1.33. The molecule has 15 heavy (non-hydrogen) atoms. The summed E-state index contributed by atoms with van der Waals surface area (Å²) in [7, 11) is 6.63. The monoisotopic (exact) mass is 203 g/mol. The summed E-state index contributed by atoms with van der Waals surface area (Å²) in [5.74, 6) is -1.28. The number of pyridine rings is 1. The number of nitrogens with zero attached hydrogens (tertiary/aromatic N) is 1. The maximum Gasteiger partial charge on any atom is 0.377 e. The van der Waals surface area contributed by atoms with E-state index in [1.807, 2.05) is 0 Å². The molecule has 0 aliphatic carbocycles. The van der Waals surface area contributed by atoms with Gasteiger partial charge in [-0.05, 0) is 11.7 Å². The van der Waals surface area contributed by atoms with Crippen LogP contribution in [0.25, 0.3) is 11.0 Å². The van der Waals surface area contributed by atoms with Crippen molar-refractivity contribution in [1.82, 2.24) is 4.98 Å². The third-order valence-electron chi connectivity index (χ3n) is 1.94. The average Bonchev–Trinajstić information content (AvgIpc) is 2.55. The van der Waals surface area contributed by atoms with Crippen molar-refractivity contribution < 1.29 is 19.1 Å². The molecular weight excluding hydrogens is 197 g/mol. The second-order valence-corrected chi connectivity index (χ2v) is 2.88. The van der Waals surface area contributed by atoms with Gasteiger partial charge in [-0.25, -0.2) is 4.79 Å². The number of carbonyl (C=O) groups is 1. The Hall–Kier alpha value is -1.98. The van der Waals surface area contributed by atoms with Crippen LogP contribution in [0.1, 0.15) is 10.6 Å². The van der Waals surface area contributed by atoms with Gasteiger partial charge in [-0.15, -0.1) is 0 Å². The van der Waals surface area contributed by atoms with Gasteiger partial charge in [0.1, 0.15) is 7.85 Å². The summed E-state index contributed by atoms with van der Waals surface area (Å²) in [5, 5.41) is 9.97. The topological polar surface area (TPSA) is 72.6 Å². The highest BCUT2D eigenvalue weighted by Crippen LogP contribution is 2.30. The minimum absolute atomic E-state index is 0.231. The van der Waals surface area contributed by atoms with Crippen LogP contribution in [0.15, 0.2) is 16.7 Å². The molecule has 0 saturated carbocycles. The summed E-state index contributed by atoms with van der Waals surface area (Å²) < 4.78 is 9.50. The lowest BCUT2D eigenvalue weighted by atomic mass is 10.0. The maximum absolute atomic E-state index is 11.2. The third-order valence-corrected chi connectivity index (χ3v) is 1.94. The van der Waals surface area contributed by atoms with Crippen molar-refractivity contribution in [2.24, 2.45) is 0 Å². The van der Waals surface area contributed by atoms with Crippen LogP contribution >= 0.6 is 0 Å². The highest BCUT2D eigenvalue weighted by molar-refractivity contribution is 6.31. The van der Waals surface area contributed by atoms with Crippen LogP contribution in [-0.4, -0.2) is 31.0 Å². The van der Waals surface area contributed by atoms with Gasteiger partial charge in [-0.1, -0.05) is 0 Å². The molecule has 2 aromatic rings.